The summed E-state index contributed by atoms with van der Waals surface area (Å²) in [5, 5.41) is 12.9. The second-order valence-electron chi connectivity index (χ2n) is 3.37. The molecule has 0 aliphatic carbocycles. The number of carbonyl (C=O) groups excluding carboxylic acids is 1. The largest absolute Gasteiger partial charge is 0.347 e. The third kappa shape index (κ3) is 2.44. The van der Waals surface area contributed by atoms with E-state index in [1.807, 2.05) is 13.1 Å². The van der Waals surface area contributed by atoms with Gasteiger partial charge in [0.2, 0.25) is 5.82 Å². The van der Waals surface area contributed by atoms with Crippen molar-refractivity contribution in [3.8, 4) is 0 Å². The second-order valence-corrected chi connectivity index (χ2v) is 3.37. The molecular formula is C9H12N6O. The Morgan fingerprint density at radius 2 is 2.50 bits per heavy atom. The zero-order chi connectivity index (χ0) is 11.4. The van der Waals surface area contributed by atoms with Gasteiger partial charge in [0.15, 0.2) is 0 Å². The molecule has 7 nitrogen and oxygen atoms in total. The summed E-state index contributed by atoms with van der Waals surface area (Å²) in [5.41, 5.74) is 1.10. The van der Waals surface area contributed by atoms with Gasteiger partial charge in [0.1, 0.15) is 6.33 Å². The quantitative estimate of drug-likeness (QED) is 0.743. The van der Waals surface area contributed by atoms with Gasteiger partial charge >= 0.3 is 0 Å². The molecule has 0 saturated heterocycles. The smallest absolute Gasteiger partial charge is 0.288 e. The van der Waals surface area contributed by atoms with E-state index in [9.17, 15) is 4.79 Å². The molecule has 0 unspecified atom stereocenters. The van der Waals surface area contributed by atoms with Crippen molar-refractivity contribution < 1.29 is 4.79 Å². The highest BCUT2D eigenvalue weighted by molar-refractivity contribution is 5.90. The lowest BCUT2D eigenvalue weighted by molar-refractivity contribution is 0.0942. The minimum atomic E-state index is -0.263. The molecule has 0 spiro atoms. The number of aryl methyl sites for hydroxylation is 1. The number of amides is 1. The summed E-state index contributed by atoms with van der Waals surface area (Å²) in [7, 11) is 0. The average molecular weight is 220 g/mol. The number of aromatic nitrogens is 5. The van der Waals surface area contributed by atoms with Crippen molar-refractivity contribution in [3.63, 3.8) is 0 Å². The van der Waals surface area contributed by atoms with Crippen LogP contribution < -0.4 is 5.32 Å². The Bertz CT molecular complexity index is 460. The first-order valence-electron chi connectivity index (χ1n) is 4.88. The molecule has 0 fully saturated rings. The van der Waals surface area contributed by atoms with Crippen LogP contribution in [0.25, 0.3) is 0 Å². The number of nitrogens with zero attached hydrogens (tertiary/aromatic N) is 4. The Hall–Kier alpha value is -2.18. The third-order valence-electron chi connectivity index (χ3n) is 2.02. The fraction of sp³-hybridized carbons (Fsp3) is 0.333. The average Bonchev–Trinajstić information content (AvgIpc) is 2.89. The fourth-order valence-corrected chi connectivity index (χ4v) is 1.27. The fourth-order valence-electron chi connectivity index (χ4n) is 1.27. The van der Waals surface area contributed by atoms with E-state index in [0.29, 0.717) is 13.1 Å². The van der Waals surface area contributed by atoms with Crippen LogP contribution in [0.5, 0.6) is 0 Å². The lowest BCUT2D eigenvalue weighted by Gasteiger charge is -2.02. The Balaban J connectivity index is 1.78. The second kappa shape index (κ2) is 4.56. The van der Waals surface area contributed by atoms with Crippen molar-refractivity contribution in [1.82, 2.24) is 30.3 Å². The molecule has 0 saturated carbocycles. The Morgan fingerprint density at radius 3 is 3.12 bits per heavy atom. The molecule has 2 heterocycles. The maximum Gasteiger partial charge on any atom is 0.288 e. The van der Waals surface area contributed by atoms with Crippen molar-refractivity contribution in [2.45, 2.75) is 13.5 Å². The molecule has 0 radical (unpaired) electrons. The monoisotopic (exact) mass is 220 g/mol. The standard InChI is InChI=1S/C9H12N6O/c1-7-4-13-15(5-7)3-2-10-9(16)8-11-6-12-14-8/h4-6H,2-3H2,1H3,(H,10,16)(H,11,12,14). The first-order chi connectivity index (χ1) is 7.75. The summed E-state index contributed by atoms with van der Waals surface area (Å²) in [4.78, 5) is 15.2. The predicted molar refractivity (Wildman–Crippen MR) is 55.7 cm³/mol. The van der Waals surface area contributed by atoms with E-state index >= 15 is 0 Å². The molecule has 2 aromatic rings. The summed E-state index contributed by atoms with van der Waals surface area (Å²) in [6.07, 6.45) is 4.99. The van der Waals surface area contributed by atoms with Gasteiger partial charge in [-0.1, -0.05) is 0 Å². The molecule has 2 rings (SSSR count). The van der Waals surface area contributed by atoms with Gasteiger partial charge in [-0.25, -0.2) is 4.98 Å². The van der Waals surface area contributed by atoms with E-state index in [0.717, 1.165) is 5.56 Å². The van der Waals surface area contributed by atoms with Gasteiger partial charge in [-0.2, -0.15) is 10.2 Å². The first kappa shape index (κ1) is 10.3. The van der Waals surface area contributed by atoms with Crippen LogP contribution >= 0.6 is 0 Å². The van der Waals surface area contributed by atoms with Crippen LogP contribution in [0.4, 0.5) is 0 Å². The van der Waals surface area contributed by atoms with Gasteiger partial charge in [0, 0.05) is 12.7 Å². The van der Waals surface area contributed by atoms with Crippen LogP contribution in [0.1, 0.15) is 16.2 Å². The lowest BCUT2D eigenvalue weighted by atomic mass is 10.4. The number of hydrogen-bond donors (Lipinski definition) is 2. The molecule has 1 amide bonds. The van der Waals surface area contributed by atoms with Crippen LogP contribution in [0.3, 0.4) is 0 Å². The minimum Gasteiger partial charge on any atom is -0.347 e. The normalized spacial score (nSPS) is 10.3. The van der Waals surface area contributed by atoms with Crippen molar-refractivity contribution in [2.24, 2.45) is 0 Å². The molecule has 0 aromatic carbocycles. The number of nitrogens with one attached hydrogen (secondary N) is 2. The molecule has 2 aromatic heterocycles. The van der Waals surface area contributed by atoms with E-state index in [1.165, 1.54) is 6.33 Å². The molecule has 0 aliphatic rings. The highest BCUT2D eigenvalue weighted by atomic mass is 16.2. The van der Waals surface area contributed by atoms with Crippen LogP contribution in [0.15, 0.2) is 18.7 Å². The molecule has 0 atom stereocenters. The molecule has 2 N–H and O–H groups in total. The summed E-state index contributed by atoms with van der Waals surface area (Å²) >= 11 is 0. The first-order valence-corrected chi connectivity index (χ1v) is 4.88. The van der Waals surface area contributed by atoms with Crippen molar-refractivity contribution in [1.29, 1.82) is 0 Å². The molecule has 16 heavy (non-hydrogen) atoms. The Morgan fingerprint density at radius 1 is 1.62 bits per heavy atom. The number of hydrogen-bond acceptors (Lipinski definition) is 4. The zero-order valence-corrected chi connectivity index (χ0v) is 8.84. The minimum absolute atomic E-state index is 0.219. The molecular weight excluding hydrogens is 208 g/mol. The number of aromatic amines is 1. The summed E-state index contributed by atoms with van der Waals surface area (Å²) < 4.78 is 1.77. The van der Waals surface area contributed by atoms with E-state index in [2.05, 4.69) is 25.6 Å². The third-order valence-corrected chi connectivity index (χ3v) is 2.02. The van der Waals surface area contributed by atoms with Crippen LogP contribution in [0, 0.1) is 6.92 Å². The predicted octanol–water partition coefficient (Wildman–Crippen LogP) is -0.260. The summed E-state index contributed by atoms with van der Waals surface area (Å²) in [6, 6.07) is 0. The maximum absolute atomic E-state index is 11.4. The van der Waals surface area contributed by atoms with E-state index in [4.69, 9.17) is 0 Å². The molecule has 0 aliphatic heterocycles. The molecule has 7 heteroatoms. The van der Waals surface area contributed by atoms with E-state index in [-0.39, 0.29) is 11.7 Å². The zero-order valence-electron chi connectivity index (χ0n) is 8.84. The highest BCUT2D eigenvalue weighted by Gasteiger charge is 2.06. The highest BCUT2D eigenvalue weighted by Crippen LogP contribution is 1.93. The topological polar surface area (TPSA) is 88.5 Å². The van der Waals surface area contributed by atoms with Gasteiger partial charge in [0.25, 0.3) is 5.91 Å². The van der Waals surface area contributed by atoms with E-state index < -0.39 is 0 Å². The lowest BCUT2D eigenvalue weighted by Crippen LogP contribution is -2.28. The van der Waals surface area contributed by atoms with Crippen molar-refractivity contribution in [2.75, 3.05) is 6.54 Å². The van der Waals surface area contributed by atoms with Gasteiger partial charge in [-0.3, -0.25) is 14.6 Å². The maximum atomic E-state index is 11.4. The van der Waals surface area contributed by atoms with Crippen LogP contribution in [0.2, 0.25) is 0 Å². The van der Waals surface area contributed by atoms with Crippen LogP contribution in [-0.4, -0.2) is 37.4 Å². The molecule has 0 bridgehead atoms. The molecule has 84 valence electrons. The van der Waals surface area contributed by atoms with Gasteiger partial charge in [0.05, 0.1) is 12.7 Å². The van der Waals surface area contributed by atoms with Gasteiger partial charge < -0.3 is 5.32 Å². The van der Waals surface area contributed by atoms with E-state index in [1.54, 1.807) is 10.9 Å². The van der Waals surface area contributed by atoms with Gasteiger partial charge in [-0.05, 0) is 12.5 Å². The summed E-state index contributed by atoms with van der Waals surface area (Å²) in [5.74, 6) is -0.0435. The number of H-pyrrole nitrogens is 1. The van der Waals surface area contributed by atoms with Gasteiger partial charge in [-0.15, -0.1) is 0 Å². The number of rotatable bonds is 4. The van der Waals surface area contributed by atoms with Crippen molar-refractivity contribution >= 4 is 5.91 Å². The van der Waals surface area contributed by atoms with Crippen molar-refractivity contribution in [3.05, 3.63) is 30.1 Å². The number of carbonyl (C=O) groups is 1. The Kier molecular flexibility index (Phi) is 2.95. The van der Waals surface area contributed by atoms with Crippen LogP contribution in [-0.2, 0) is 6.54 Å². The summed E-state index contributed by atoms with van der Waals surface area (Å²) in [6.45, 7) is 3.10. The SMILES string of the molecule is Cc1cnn(CCNC(=O)c2ncn[nH]2)c1. The Labute approximate surface area is 91.9 Å².